The molecule has 142 valence electrons. The molecule has 0 radical (unpaired) electrons. The van der Waals surface area contributed by atoms with E-state index in [2.05, 4.69) is 47.4 Å². The Labute approximate surface area is 164 Å². The molecule has 2 heterocycles. The second kappa shape index (κ2) is 7.95. The molecule has 2 aliphatic heterocycles. The number of nitrogens with zero attached hydrogens (tertiary/aromatic N) is 1. The molecule has 2 aromatic carbocycles. The first-order valence-corrected chi connectivity index (χ1v) is 10.5. The standard InChI is InChI=1S/C22H25NO3S/c24-21(25)8-11-23-12-9-22(10-13-23)16-26-20-14-18(6-7-19(20)22)27-15-17-4-2-1-3-5-17/h1-7,14H,8-13,15-16H2,(H,24,25). The van der Waals surface area contributed by atoms with Crippen LogP contribution in [0.5, 0.6) is 5.75 Å². The highest BCUT2D eigenvalue weighted by atomic mass is 32.2. The number of fused-ring (bicyclic) bond motifs is 2. The van der Waals surface area contributed by atoms with E-state index in [4.69, 9.17) is 9.84 Å². The van der Waals surface area contributed by atoms with E-state index >= 15 is 0 Å². The number of hydrogen-bond acceptors (Lipinski definition) is 4. The van der Waals surface area contributed by atoms with E-state index in [1.54, 1.807) is 0 Å². The maximum absolute atomic E-state index is 10.8. The number of likely N-dealkylation sites (tertiary alicyclic amines) is 1. The number of carboxylic acids is 1. The molecule has 0 unspecified atom stereocenters. The zero-order valence-corrected chi connectivity index (χ0v) is 16.2. The Hall–Kier alpha value is -1.98. The van der Waals surface area contributed by atoms with Crippen LogP contribution in [0.15, 0.2) is 53.4 Å². The summed E-state index contributed by atoms with van der Waals surface area (Å²) < 4.78 is 6.09. The van der Waals surface area contributed by atoms with Crippen molar-refractivity contribution in [2.24, 2.45) is 0 Å². The van der Waals surface area contributed by atoms with Gasteiger partial charge in [0.15, 0.2) is 0 Å². The predicted octanol–water partition coefficient (Wildman–Crippen LogP) is 4.18. The van der Waals surface area contributed by atoms with Crippen molar-refractivity contribution in [3.05, 3.63) is 59.7 Å². The molecule has 1 N–H and O–H groups in total. The van der Waals surface area contributed by atoms with Gasteiger partial charge < -0.3 is 14.7 Å². The quantitative estimate of drug-likeness (QED) is 0.759. The van der Waals surface area contributed by atoms with Crippen molar-refractivity contribution in [2.45, 2.75) is 35.3 Å². The average Bonchev–Trinajstić information content (AvgIpc) is 3.04. The highest BCUT2D eigenvalue weighted by molar-refractivity contribution is 7.98. The monoisotopic (exact) mass is 383 g/mol. The Morgan fingerprint density at radius 1 is 1.15 bits per heavy atom. The Balaban J connectivity index is 1.39. The third-order valence-corrected chi connectivity index (χ3v) is 6.80. The lowest BCUT2D eigenvalue weighted by Crippen LogP contribution is -2.44. The first kappa shape index (κ1) is 18.4. The number of piperidine rings is 1. The van der Waals surface area contributed by atoms with Gasteiger partial charge in [-0.05, 0) is 43.6 Å². The molecule has 0 amide bonds. The number of carboxylic acid groups (broad SMARTS) is 1. The van der Waals surface area contributed by atoms with Gasteiger partial charge in [0.2, 0.25) is 0 Å². The van der Waals surface area contributed by atoms with Crippen LogP contribution in [0, 0.1) is 0 Å². The lowest BCUT2D eigenvalue weighted by Gasteiger charge is -2.38. The van der Waals surface area contributed by atoms with E-state index in [0.29, 0.717) is 6.54 Å². The number of benzene rings is 2. The van der Waals surface area contributed by atoms with Gasteiger partial charge in [0, 0.05) is 28.2 Å². The molecule has 0 aliphatic carbocycles. The fraction of sp³-hybridized carbons (Fsp3) is 0.409. The highest BCUT2D eigenvalue weighted by Gasteiger charge is 2.43. The van der Waals surface area contributed by atoms with Gasteiger partial charge >= 0.3 is 5.97 Å². The van der Waals surface area contributed by atoms with Crippen LogP contribution in [-0.2, 0) is 16.0 Å². The van der Waals surface area contributed by atoms with Crippen molar-refractivity contribution in [1.29, 1.82) is 0 Å². The summed E-state index contributed by atoms with van der Waals surface area (Å²) in [5.74, 6) is 1.28. The highest BCUT2D eigenvalue weighted by Crippen LogP contribution is 2.46. The van der Waals surface area contributed by atoms with Gasteiger partial charge in [0.05, 0.1) is 13.0 Å². The van der Waals surface area contributed by atoms with Crippen molar-refractivity contribution in [2.75, 3.05) is 26.2 Å². The van der Waals surface area contributed by atoms with Crippen LogP contribution in [0.3, 0.4) is 0 Å². The number of ether oxygens (including phenoxy) is 1. The van der Waals surface area contributed by atoms with E-state index in [1.165, 1.54) is 16.0 Å². The summed E-state index contributed by atoms with van der Waals surface area (Å²) in [6.07, 6.45) is 2.30. The number of rotatable bonds is 6. The Bertz CT molecular complexity index is 800. The second-order valence-electron chi connectivity index (χ2n) is 7.49. The summed E-state index contributed by atoms with van der Waals surface area (Å²) in [5.41, 5.74) is 2.77. The van der Waals surface area contributed by atoms with Gasteiger partial charge in [0.25, 0.3) is 0 Å². The van der Waals surface area contributed by atoms with Crippen molar-refractivity contribution in [3.63, 3.8) is 0 Å². The maximum atomic E-state index is 10.8. The first-order valence-electron chi connectivity index (χ1n) is 9.53. The molecule has 5 heteroatoms. The van der Waals surface area contributed by atoms with E-state index in [-0.39, 0.29) is 11.8 Å². The average molecular weight is 384 g/mol. The summed E-state index contributed by atoms with van der Waals surface area (Å²) in [6.45, 7) is 3.29. The summed E-state index contributed by atoms with van der Waals surface area (Å²) in [7, 11) is 0. The molecule has 27 heavy (non-hydrogen) atoms. The minimum atomic E-state index is -0.717. The Kier molecular flexibility index (Phi) is 5.41. The van der Waals surface area contributed by atoms with Gasteiger partial charge in [-0.3, -0.25) is 4.79 Å². The molecule has 0 bridgehead atoms. The molecule has 1 saturated heterocycles. The molecule has 1 fully saturated rings. The minimum Gasteiger partial charge on any atom is -0.492 e. The molecule has 0 saturated carbocycles. The lowest BCUT2D eigenvalue weighted by atomic mass is 9.74. The summed E-state index contributed by atoms with van der Waals surface area (Å²) in [6, 6.07) is 17.2. The van der Waals surface area contributed by atoms with Gasteiger partial charge in [0.1, 0.15) is 5.75 Å². The van der Waals surface area contributed by atoms with Crippen LogP contribution in [0.4, 0.5) is 0 Å². The zero-order chi connectivity index (χ0) is 18.7. The van der Waals surface area contributed by atoms with Crippen LogP contribution < -0.4 is 4.74 Å². The Morgan fingerprint density at radius 3 is 2.67 bits per heavy atom. The molecule has 4 nitrogen and oxygen atoms in total. The first-order chi connectivity index (χ1) is 13.1. The summed E-state index contributed by atoms with van der Waals surface area (Å²) >= 11 is 1.84. The zero-order valence-electron chi connectivity index (χ0n) is 15.4. The van der Waals surface area contributed by atoms with Crippen LogP contribution in [0.25, 0.3) is 0 Å². The molecule has 2 aliphatic rings. The van der Waals surface area contributed by atoms with Gasteiger partial charge in [-0.15, -0.1) is 11.8 Å². The van der Waals surface area contributed by atoms with Crippen molar-refractivity contribution in [3.8, 4) is 5.75 Å². The van der Waals surface area contributed by atoms with Crippen molar-refractivity contribution < 1.29 is 14.6 Å². The summed E-state index contributed by atoms with van der Waals surface area (Å²) in [4.78, 5) is 14.3. The smallest absolute Gasteiger partial charge is 0.304 e. The van der Waals surface area contributed by atoms with Crippen molar-refractivity contribution >= 4 is 17.7 Å². The third kappa shape index (κ3) is 4.14. The summed E-state index contributed by atoms with van der Waals surface area (Å²) in [5, 5.41) is 8.87. The fourth-order valence-electron chi connectivity index (χ4n) is 4.06. The number of carbonyl (C=O) groups is 1. The molecular weight excluding hydrogens is 358 g/mol. The topological polar surface area (TPSA) is 49.8 Å². The SMILES string of the molecule is O=C(O)CCN1CCC2(CC1)COc1cc(SCc3ccccc3)ccc12. The predicted molar refractivity (Wildman–Crippen MR) is 108 cm³/mol. The number of aliphatic carboxylic acids is 1. The molecule has 0 atom stereocenters. The number of thioether (sulfide) groups is 1. The molecule has 0 aromatic heterocycles. The molecule has 2 aromatic rings. The fourth-order valence-corrected chi connectivity index (χ4v) is 4.94. The number of hydrogen-bond donors (Lipinski definition) is 1. The van der Waals surface area contributed by atoms with E-state index in [0.717, 1.165) is 44.0 Å². The van der Waals surface area contributed by atoms with Gasteiger partial charge in [-0.2, -0.15) is 0 Å². The van der Waals surface area contributed by atoms with Crippen LogP contribution in [0.2, 0.25) is 0 Å². The van der Waals surface area contributed by atoms with Crippen LogP contribution >= 0.6 is 11.8 Å². The lowest BCUT2D eigenvalue weighted by molar-refractivity contribution is -0.137. The van der Waals surface area contributed by atoms with Crippen LogP contribution in [0.1, 0.15) is 30.4 Å². The normalized spacial score (nSPS) is 18.2. The maximum Gasteiger partial charge on any atom is 0.304 e. The second-order valence-corrected chi connectivity index (χ2v) is 8.54. The van der Waals surface area contributed by atoms with Crippen molar-refractivity contribution in [1.82, 2.24) is 4.90 Å². The minimum absolute atomic E-state index is 0.109. The largest absolute Gasteiger partial charge is 0.492 e. The molecular formula is C22H25NO3S. The van der Waals surface area contributed by atoms with E-state index < -0.39 is 5.97 Å². The molecule has 1 spiro atoms. The van der Waals surface area contributed by atoms with Gasteiger partial charge in [-0.25, -0.2) is 0 Å². The van der Waals surface area contributed by atoms with E-state index in [1.807, 2.05) is 17.8 Å². The third-order valence-electron chi connectivity index (χ3n) is 5.73. The molecule has 4 rings (SSSR count). The van der Waals surface area contributed by atoms with Crippen LogP contribution in [-0.4, -0.2) is 42.2 Å². The van der Waals surface area contributed by atoms with E-state index in [9.17, 15) is 4.79 Å². The Morgan fingerprint density at radius 2 is 1.93 bits per heavy atom. The van der Waals surface area contributed by atoms with Gasteiger partial charge in [-0.1, -0.05) is 36.4 Å².